The molecule has 0 unspecified atom stereocenters. The SMILES string of the molecule is C[C@@H](Nc1ccc(Cl)nc1C(=O)O)c1cc(Cl)cn2c(=O)cc(C34CCC(C#N)(CC3)CC4)nc12. The van der Waals surface area contributed by atoms with E-state index in [1.165, 1.54) is 10.5 Å². The molecule has 3 aliphatic rings. The van der Waals surface area contributed by atoms with Gasteiger partial charge in [-0.25, -0.2) is 14.8 Å². The Morgan fingerprint density at radius 1 is 1.17 bits per heavy atom. The quantitative estimate of drug-likeness (QED) is 0.440. The first-order valence-corrected chi connectivity index (χ1v) is 12.2. The van der Waals surface area contributed by atoms with Crippen molar-refractivity contribution in [3.8, 4) is 6.07 Å². The van der Waals surface area contributed by atoms with Crippen LogP contribution in [0, 0.1) is 16.7 Å². The number of anilines is 1. The predicted molar refractivity (Wildman–Crippen MR) is 132 cm³/mol. The number of aromatic carboxylic acids is 1. The molecule has 1 atom stereocenters. The fourth-order valence-corrected chi connectivity index (χ4v) is 5.91. The van der Waals surface area contributed by atoms with Gasteiger partial charge in [0.15, 0.2) is 5.69 Å². The van der Waals surface area contributed by atoms with Crippen molar-refractivity contribution in [2.45, 2.75) is 56.9 Å². The van der Waals surface area contributed by atoms with E-state index < -0.39 is 12.0 Å². The average molecular weight is 512 g/mol. The summed E-state index contributed by atoms with van der Waals surface area (Å²) < 4.78 is 1.43. The topological polar surface area (TPSA) is 120 Å². The standard InChI is InChI=1S/C25H23Cl2N5O3/c1-14(29-17-2-3-19(27)31-21(17)23(34)35)16-10-15(26)12-32-20(33)11-18(30-22(16)32)25-7-4-24(13-28,5-8-25)6-9-25/h2-3,10-12,14,29H,4-9H2,1H3,(H,34,35)/t14-,24?,25?/m1/s1. The maximum atomic E-state index is 13.2. The number of hydrogen-bond acceptors (Lipinski definition) is 6. The molecule has 0 aliphatic heterocycles. The molecule has 0 radical (unpaired) electrons. The smallest absolute Gasteiger partial charge is 0.356 e. The number of rotatable bonds is 5. The molecular weight excluding hydrogens is 489 g/mol. The molecular formula is C25H23Cl2N5O3. The summed E-state index contributed by atoms with van der Waals surface area (Å²) in [6.45, 7) is 1.84. The maximum Gasteiger partial charge on any atom is 0.356 e. The Balaban J connectivity index is 1.58. The van der Waals surface area contributed by atoms with Gasteiger partial charge in [-0.3, -0.25) is 9.20 Å². The highest BCUT2D eigenvalue weighted by Crippen LogP contribution is 2.57. The molecule has 2 N–H and O–H groups in total. The van der Waals surface area contributed by atoms with E-state index in [-0.39, 0.29) is 32.9 Å². The molecule has 10 heteroatoms. The molecule has 6 rings (SSSR count). The lowest BCUT2D eigenvalue weighted by Crippen LogP contribution is -2.44. The second kappa shape index (κ2) is 8.51. The van der Waals surface area contributed by atoms with E-state index in [4.69, 9.17) is 28.2 Å². The molecule has 0 aromatic carbocycles. The second-order valence-corrected chi connectivity index (χ2v) is 10.5. The van der Waals surface area contributed by atoms with E-state index >= 15 is 0 Å². The number of halogens is 2. The van der Waals surface area contributed by atoms with Gasteiger partial charge in [-0.15, -0.1) is 0 Å². The molecule has 3 aromatic rings. The summed E-state index contributed by atoms with van der Waals surface area (Å²) in [7, 11) is 0. The largest absolute Gasteiger partial charge is 0.476 e. The Hall–Kier alpha value is -3.15. The lowest BCUT2D eigenvalue weighted by Gasteiger charge is -2.50. The summed E-state index contributed by atoms with van der Waals surface area (Å²) in [5, 5.41) is 22.8. The van der Waals surface area contributed by atoms with Gasteiger partial charge in [-0.2, -0.15) is 5.26 Å². The molecule has 2 bridgehead atoms. The number of carboxylic acids is 1. The van der Waals surface area contributed by atoms with Gasteiger partial charge in [0.2, 0.25) is 0 Å². The van der Waals surface area contributed by atoms with Crippen LogP contribution in [0.1, 0.15) is 73.2 Å². The molecule has 8 nitrogen and oxygen atoms in total. The highest BCUT2D eigenvalue weighted by atomic mass is 35.5. The highest BCUT2D eigenvalue weighted by Gasteiger charge is 2.50. The number of nitriles is 1. The lowest BCUT2D eigenvalue weighted by atomic mass is 9.53. The molecule has 3 saturated carbocycles. The Bertz CT molecular complexity index is 1440. The zero-order chi connectivity index (χ0) is 25.0. The second-order valence-electron chi connectivity index (χ2n) is 9.66. The minimum atomic E-state index is -1.21. The van der Waals surface area contributed by atoms with E-state index in [2.05, 4.69) is 16.4 Å². The third-order valence-electron chi connectivity index (χ3n) is 7.69. The third kappa shape index (κ3) is 4.03. The van der Waals surface area contributed by atoms with Gasteiger partial charge >= 0.3 is 5.97 Å². The van der Waals surface area contributed by atoms with Crippen molar-refractivity contribution in [1.82, 2.24) is 14.4 Å². The van der Waals surface area contributed by atoms with Crippen molar-refractivity contribution < 1.29 is 9.90 Å². The van der Waals surface area contributed by atoms with Crippen LogP contribution in [0.3, 0.4) is 0 Å². The minimum Gasteiger partial charge on any atom is -0.476 e. The summed E-state index contributed by atoms with van der Waals surface area (Å²) >= 11 is 12.2. The number of hydrogen-bond donors (Lipinski definition) is 2. The fourth-order valence-electron chi connectivity index (χ4n) is 5.55. The van der Waals surface area contributed by atoms with Crippen molar-refractivity contribution in [3.63, 3.8) is 0 Å². The van der Waals surface area contributed by atoms with Crippen molar-refractivity contribution in [3.05, 3.63) is 67.9 Å². The fraction of sp³-hybridized carbons (Fsp3) is 0.400. The normalized spacial score (nSPS) is 24.2. The molecule has 180 valence electrons. The number of fused-ring (bicyclic) bond motifs is 4. The zero-order valence-electron chi connectivity index (χ0n) is 19.0. The van der Waals surface area contributed by atoms with E-state index in [1.54, 1.807) is 24.4 Å². The monoisotopic (exact) mass is 511 g/mol. The number of carbonyl (C=O) groups is 1. The molecule has 0 spiro atoms. The first-order chi connectivity index (χ1) is 16.7. The predicted octanol–water partition coefficient (Wildman–Crippen LogP) is 5.38. The summed E-state index contributed by atoms with van der Waals surface area (Å²) in [4.78, 5) is 33.8. The van der Waals surface area contributed by atoms with E-state index in [1.807, 2.05) is 6.92 Å². The van der Waals surface area contributed by atoms with Crippen LogP contribution >= 0.6 is 23.2 Å². The van der Waals surface area contributed by atoms with Crippen LogP contribution in [-0.4, -0.2) is 25.4 Å². The summed E-state index contributed by atoms with van der Waals surface area (Å²) in [5.41, 5.74) is 1.28. The Morgan fingerprint density at radius 2 is 1.86 bits per heavy atom. The first kappa shape index (κ1) is 23.6. The Morgan fingerprint density at radius 3 is 2.49 bits per heavy atom. The van der Waals surface area contributed by atoms with Gasteiger partial charge in [0.05, 0.1) is 33.9 Å². The van der Waals surface area contributed by atoms with Gasteiger partial charge in [0.1, 0.15) is 10.8 Å². The van der Waals surface area contributed by atoms with Gasteiger partial charge in [-0.05, 0) is 63.6 Å². The van der Waals surface area contributed by atoms with Crippen LogP contribution in [0.4, 0.5) is 5.69 Å². The average Bonchev–Trinajstić information content (AvgIpc) is 2.86. The van der Waals surface area contributed by atoms with E-state index in [0.717, 1.165) is 44.2 Å². The molecule has 3 aromatic heterocycles. The molecule has 0 amide bonds. The number of nitrogens with one attached hydrogen (secondary N) is 1. The van der Waals surface area contributed by atoms with Gasteiger partial charge < -0.3 is 10.4 Å². The van der Waals surface area contributed by atoms with Crippen LogP contribution in [0.2, 0.25) is 10.2 Å². The first-order valence-electron chi connectivity index (χ1n) is 11.5. The summed E-state index contributed by atoms with van der Waals surface area (Å²) in [6, 6.07) is 8.46. The van der Waals surface area contributed by atoms with Crippen LogP contribution in [0.5, 0.6) is 0 Å². The number of nitrogens with zero attached hydrogens (tertiary/aromatic N) is 4. The van der Waals surface area contributed by atoms with Crippen molar-refractivity contribution in [2.24, 2.45) is 5.41 Å². The van der Waals surface area contributed by atoms with Crippen LogP contribution in [0.15, 0.2) is 35.3 Å². The number of aromatic nitrogens is 3. The van der Waals surface area contributed by atoms with Crippen molar-refractivity contribution in [2.75, 3.05) is 5.32 Å². The number of carboxylic acid groups (broad SMARTS) is 1. The van der Waals surface area contributed by atoms with Gasteiger partial charge in [0.25, 0.3) is 5.56 Å². The third-order valence-corrected chi connectivity index (χ3v) is 8.10. The Kier molecular flexibility index (Phi) is 5.73. The number of pyridine rings is 2. The molecule has 3 fully saturated rings. The maximum absolute atomic E-state index is 13.2. The van der Waals surface area contributed by atoms with Crippen LogP contribution in [0.25, 0.3) is 5.65 Å². The Labute approximate surface area is 211 Å². The van der Waals surface area contributed by atoms with Crippen LogP contribution < -0.4 is 10.9 Å². The minimum absolute atomic E-state index is 0.0753. The molecule has 3 heterocycles. The molecule has 0 saturated heterocycles. The summed E-state index contributed by atoms with van der Waals surface area (Å²) in [5.74, 6) is -1.21. The van der Waals surface area contributed by atoms with Crippen molar-refractivity contribution >= 4 is 40.5 Å². The van der Waals surface area contributed by atoms with Crippen LogP contribution in [-0.2, 0) is 5.41 Å². The van der Waals surface area contributed by atoms with E-state index in [9.17, 15) is 20.0 Å². The molecule has 3 aliphatic carbocycles. The molecule has 35 heavy (non-hydrogen) atoms. The van der Waals surface area contributed by atoms with Crippen molar-refractivity contribution in [1.29, 1.82) is 5.26 Å². The summed E-state index contributed by atoms with van der Waals surface area (Å²) in [6.07, 6.45) is 6.49. The highest BCUT2D eigenvalue weighted by molar-refractivity contribution is 6.30. The van der Waals surface area contributed by atoms with Gasteiger partial charge in [0, 0.05) is 23.2 Å². The van der Waals surface area contributed by atoms with E-state index in [0.29, 0.717) is 16.2 Å². The van der Waals surface area contributed by atoms with Gasteiger partial charge in [-0.1, -0.05) is 23.2 Å². The zero-order valence-corrected chi connectivity index (χ0v) is 20.5. The lowest BCUT2D eigenvalue weighted by molar-refractivity contribution is 0.0691.